The zero-order valence-electron chi connectivity index (χ0n) is 9.35. The van der Waals surface area contributed by atoms with Crippen molar-refractivity contribution in [3.8, 4) is 0 Å². The average Bonchev–Trinajstić information content (AvgIpc) is 2.16. The minimum atomic E-state index is -0.849. The molecule has 0 amide bonds. The number of aliphatic carboxylic acids is 1. The summed E-state index contributed by atoms with van der Waals surface area (Å²) in [5.74, 6) is -1.42. The fraction of sp³-hybridized carbons (Fsp3) is 0.417. The molecule has 16 heavy (non-hydrogen) atoms. The minimum absolute atomic E-state index is 0.000365. The predicted molar refractivity (Wildman–Crippen MR) is 67.0 cm³/mol. The van der Waals surface area contributed by atoms with Gasteiger partial charge in [-0.3, -0.25) is 4.79 Å². The molecule has 0 spiro atoms. The van der Waals surface area contributed by atoms with Crippen LogP contribution in [0.3, 0.4) is 0 Å². The maximum atomic E-state index is 11.2. The van der Waals surface area contributed by atoms with Gasteiger partial charge in [-0.25, -0.2) is 0 Å². The number of nitrogens with two attached hydrogens (primary N) is 1. The second-order valence-electron chi connectivity index (χ2n) is 4.16. The highest BCUT2D eigenvalue weighted by atomic mass is 79.9. The number of hydrogen-bond donors (Lipinski definition) is 2. The Hall–Kier alpha value is -0.870. The van der Waals surface area contributed by atoms with Crippen molar-refractivity contribution in [1.82, 2.24) is 0 Å². The van der Waals surface area contributed by atoms with Gasteiger partial charge in [0.25, 0.3) is 0 Å². The fourth-order valence-corrected chi connectivity index (χ4v) is 2.34. The van der Waals surface area contributed by atoms with Crippen molar-refractivity contribution < 1.29 is 9.90 Å². The normalized spacial score (nSPS) is 14.8. The van der Waals surface area contributed by atoms with Gasteiger partial charge in [-0.1, -0.05) is 48.0 Å². The van der Waals surface area contributed by atoms with Crippen molar-refractivity contribution in [2.75, 3.05) is 0 Å². The summed E-state index contributed by atoms with van der Waals surface area (Å²) >= 11 is 3.39. The van der Waals surface area contributed by atoms with Gasteiger partial charge >= 0.3 is 5.97 Å². The molecular formula is C12H16BrNO2. The smallest absolute Gasteiger partial charge is 0.308 e. The van der Waals surface area contributed by atoms with Crippen LogP contribution in [0.25, 0.3) is 0 Å². The van der Waals surface area contributed by atoms with E-state index in [-0.39, 0.29) is 5.92 Å². The van der Waals surface area contributed by atoms with Gasteiger partial charge in [-0.15, -0.1) is 0 Å². The average molecular weight is 286 g/mol. The molecule has 0 heterocycles. The molecule has 3 nitrogen and oxygen atoms in total. The van der Waals surface area contributed by atoms with Crippen molar-refractivity contribution in [3.63, 3.8) is 0 Å². The minimum Gasteiger partial charge on any atom is -0.481 e. The van der Waals surface area contributed by atoms with Crippen LogP contribution < -0.4 is 5.73 Å². The molecule has 0 aromatic heterocycles. The highest BCUT2D eigenvalue weighted by Gasteiger charge is 2.30. The van der Waals surface area contributed by atoms with E-state index >= 15 is 0 Å². The quantitative estimate of drug-likeness (QED) is 0.894. The van der Waals surface area contributed by atoms with E-state index in [1.54, 1.807) is 0 Å². The summed E-state index contributed by atoms with van der Waals surface area (Å²) in [6.07, 6.45) is 0. The Kier molecular flexibility index (Phi) is 4.50. The van der Waals surface area contributed by atoms with E-state index in [4.69, 9.17) is 5.73 Å². The van der Waals surface area contributed by atoms with Gasteiger partial charge in [0.15, 0.2) is 0 Å². The first-order valence-corrected chi connectivity index (χ1v) is 5.97. The van der Waals surface area contributed by atoms with E-state index in [9.17, 15) is 9.90 Å². The Morgan fingerprint density at radius 2 is 1.94 bits per heavy atom. The van der Waals surface area contributed by atoms with E-state index in [1.165, 1.54) is 0 Å². The fourth-order valence-electron chi connectivity index (χ4n) is 1.79. The van der Waals surface area contributed by atoms with Crippen LogP contribution in [0.2, 0.25) is 0 Å². The van der Waals surface area contributed by atoms with Crippen LogP contribution in [0.4, 0.5) is 0 Å². The first-order valence-electron chi connectivity index (χ1n) is 5.18. The predicted octanol–water partition coefficient (Wildman–Crippen LogP) is 2.81. The maximum Gasteiger partial charge on any atom is 0.308 e. The third-order valence-electron chi connectivity index (χ3n) is 2.65. The maximum absolute atomic E-state index is 11.2. The van der Waals surface area contributed by atoms with E-state index in [2.05, 4.69) is 15.9 Å². The monoisotopic (exact) mass is 285 g/mol. The molecule has 1 aromatic carbocycles. The SMILES string of the molecule is CC(C)C(C(=O)O)C(N)c1ccccc1Br. The van der Waals surface area contributed by atoms with Gasteiger partial charge in [0.2, 0.25) is 0 Å². The molecule has 3 N–H and O–H groups in total. The van der Waals surface area contributed by atoms with Crippen molar-refractivity contribution in [2.24, 2.45) is 17.6 Å². The second kappa shape index (κ2) is 5.46. The number of carboxylic acid groups (broad SMARTS) is 1. The van der Waals surface area contributed by atoms with Crippen LogP contribution in [0.15, 0.2) is 28.7 Å². The lowest BCUT2D eigenvalue weighted by molar-refractivity contribution is -0.144. The summed E-state index contributed by atoms with van der Waals surface area (Å²) in [4.78, 5) is 11.2. The Morgan fingerprint density at radius 1 is 1.38 bits per heavy atom. The zero-order chi connectivity index (χ0) is 12.3. The molecule has 88 valence electrons. The number of hydrogen-bond acceptors (Lipinski definition) is 2. The molecule has 2 atom stereocenters. The van der Waals surface area contributed by atoms with E-state index in [0.717, 1.165) is 10.0 Å². The summed E-state index contributed by atoms with van der Waals surface area (Å²) in [6.45, 7) is 3.74. The lowest BCUT2D eigenvalue weighted by Crippen LogP contribution is -2.32. The lowest BCUT2D eigenvalue weighted by Gasteiger charge is -2.24. The Bertz CT molecular complexity index is 379. The topological polar surface area (TPSA) is 63.3 Å². The summed E-state index contributed by atoms with van der Waals surface area (Å²) in [5.41, 5.74) is 6.87. The number of rotatable bonds is 4. The number of halogens is 1. The number of carbonyl (C=O) groups is 1. The van der Waals surface area contributed by atoms with Crippen molar-refractivity contribution in [3.05, 3.63) is 34.3 Å². The molecule has 2 unspecified atom stereocenters. The van der Waals surface area contributed by atoms with Crippen LogP contribution in [-0.2, 0) is 4.79 Å². The molecular weight excluding hydrogens is 270 g/mol. The van der Waals surface area contributed by atoms with Crippen molar-refractivity contribution in [2.45, 2.75) is 19.9 Å². The summed E-state index contributed by atoms with van der Waals surface area (Å²) in [7, 11) is 0. The van der Waals surface area contributed by atoms with E-state index in [1.807, 2.05) is 38.1 Å². The Labute approximate surface area is 104 Å². The molecule has 0 aliphatic heterocycles. The molecule has 0 aliphatic rings. The Balaban J connectivity index is 3.04. The van der Waals surface area contributed by atoms with E-state index in [0.29, 0.717) is 0 Å². The molecule has 0 radical (unpaired) electrons. The van der Waals surface area contributed by atoms with Crippen LogP contribution in [0, 0.1) is 11.8 Å². The standard InChI is InChI=1S/C12H16BrNO2/c1-7(2)10(12(15)16)11(14)8-5-3-4-6-9(8)13/h3-7,10-11H,14H2,1-2H3,(H,15,16). The summed E-state index contributed by atoms with van der Waals surface area (Å²) < 4.78 is 0.856. The molecule has 0 aliphatic carbocycles. The molecule has 0 fully saturated rings. The second-order valence-corrected chi connectivity index (χ2v) is 5.01. The highest BCUT2D eigenvalue weighted by molar-refractivity contribution is 9.10. The highest BCUT2D eigenvalue weighted by Crippen LogP contribution is 2.30. The van der Waals surface area contributed by atoms with Gasteiger partial charge in [0.1, 0.15) is 0 Å². The zero-order valence-corrected chi connectivity index (χ0v) is 10.9. The van der Waals surface area contributed by atoms with Gasteiger partial charge in [-0.2, -0.15) is 0 Å². The number of carboxylic acids is 1. The molecule has 1 rings (SSSR count). The lowest BCUT2D eigenvalue weighted by atomic mass is 9.85. The molecule has 4 heteroatoms. The van der Waals surface area contributed by atoms with Crippen molar-refractivity contribution in [1.29, 1.82) is 0 Å². The van der Waals surface area contributed by atoms with Crippen LogP contribution in [0.1, 0.15) is 25.5 Å². The molecule has 0 saturated carbocycles. The third-order valence-corrected chi connectivity index (χ3v) is 3.38. The molecule has 1 aromatic rings. The van der Waals surface area contributed by atoms with Crippen LogP contribution in [-0.4, -0.2) is 11.1 Å². The Morgan fingerprint density at radius 3 is 2.38 bits per heavy atom. The van der Waals surface area contributed by atoms with Crippen LogP contribution in [0.5, 0.6) is 0 Å². The van der Waals surface area contributed by atoms with Gasteiger partial charge in [0, 0.05) is 10.5 Å². The van der Waals surface area contributed by atoms with Crippen molar-refractivity contribution >= 4 is 21.9 Å². The first kappa shape index (κ1) is 13.2. The van der Waals surface area contributed by atoms with Gasteiger partial charge in [-0.05, 0) is 17.5 Å². The molecule has 0 bridgehead atoms. The van der Waals surface area contributed by atoms with Crippen LogP contribution >= 0.6 is 15.9 Å². The van der Waals surface area contributed by atoms with Gasteiger partial charge < -0.3 is 10.8 Å². The van der Waals surface area contributed by atoms with E-state index < -0.39 is 17.9 Å². The number of benzene rings is 1. The third kappa shape index (κ3) is 2.83. The molecule has 0 saturated heterocycles. The first-order chi connectivity index (χ1) is 7.45. The summed E-state index contributed by atoms with van der Waals surface area (Å²) in [5, 5.41) is 9.17. The largest absolute Gasteiger partial charge is 0.481 e. The summed E-state index contributed by atoms with van der Waals surface area (Å²) in [6, 6.07) is 6.97. The van der Waals surface area contributed by atoms with Gasteiger partial charge in [0.05, 0.1) is 5.92 Å².